The van der Waals surface area contributed by atoms with Crippen molar-refractivity contribution in [2.75, 3.05) is 9.91 Å². The van der Waals surface area contributed by atoms with Gasteiger partial charge >= 0.3 is 0 Å². The Labute approximate surface area is 224 Å². The van der Waals surface area contributed by atoms with Gasteiger partial charge < -0.3 is 4.90 Å². The van der Waals surface area contributed by atoms with Crippen LogP contribution < -0.4 is 9.91 Å². The van der Waals surface area contributed by atoms with Crippen LogP contribution in [0.2, 0.25) is 0 Å². The molecule has 5 rings (SSSR count). The third-order valence-electron chi connectivity index (χ3n) is 6.34. The van der Waals surface area contributed by atoms with Crippen LogP contribution in [0.3, 0.4) is 0 Å². The third-order valence-corrected chi connectivity index (χ3v) is 7.35. The van der Waals surface area contributed by atoms with Gasteiger partial charge in [-0.25, -0.2) is 5.01 Å². The first-order chi connectivity index (χ1) is 18.2. The summed E-state index contributed by atoms with van der Waals surface area (Å²) in [6.07, 6.45) is 4.01. The fourth-order valence-electron chi connectivity index (χ4n) is 4.23. The summed E-state index contributed by atoms with van der Waals surface area (Å²) < 4.78 is 0. The van der Waals surface area contributed by atoms with E-state index < -0.39 is 0 Å². The van der Waals surface area contributed by atoms with E-state index in [0.29, 0.717) is 0 Å². The Morgan fingerprint density at radius 2 is 1.05 bits per heavy atom. The van der Waals surface area contributed by atoms with E-state index in [4.69, 9.17) is 5.10 Å². The second-order valence-corrected chi connectivity index (χ2v) is 9.87. The summed E-state index contributed by atoms with van der Waals surface area (Å²) in [4.78, 5) is 3.40. The van der Waals surface area contributed by atoms with E-state index in [9.17, 15) is 0 Å². The van der Waals surface area contributed by atoms with Gasteiger partial charge in [-0.05, 0) is 84.6 Å². The smallest absolute Gasteiger partial charge is 0.101 e. The van der Waals surface area contributed by atoms with E-state index in [1.165, 1.54) is 11.1 Å². The molecule has 0 radical (unpaired) electrons. The van der Waals surface area contributed by atoms with Crippen LogP contribution in [0.25, 0.3) is 0 Å². The molecular formula is C33H31N3S. The molecule has 0 bridgehead atoms. The average Bonchev–Trinajstić information content (AvgIpc) is 3.43. The molecule has 0 saturated heterocycles. The van der Waals surface area contributed by atoms with Crippen LogP contribution >= 0.6 is 11.3 Å². The highest BCUT2D eigenvalue weighted by molar-refractivity contribution is 7.17. The van der Waals surface area contributed by atoms with E-state index in [-0.39, 0.29) is 0 Å². The molecule has 3 nitrogen and oxygen atoms in total. The zero-order valence-corrected chi connectivity index (χ0v) is 22.1. The number of nitrogens with zero attached hydrogens (tertiary/aromatic N) is 3. The van der Waals surface area contributed by atoms with Crippen molar-refractivity contribution in [2.45, 2.75) is 26.7 Å². The Kier molecular flexibility index (Phi) is 7.78. The maximum Gasteiger partial charge on any atom is 0.101 e. The Morgan fingerprint density at radius 3 is 1.62 bits per heavy atom. The lowest BCUT2D eigenvalue weighted by Gasteiger charge is -2.23. The molecule has 0 N–H and O–H groups in total. The summed E-state index contributed by atoms with van der Waals surface area (Å²) >= 11 is 1.73. The highest BCUT2D eigenvalue weighted by Gasteiger charge is 2.15. The number of para-hydroxylation sites is 2. The summed E-state index contributed by atoms with van der Waals surface area (Å²) in [7, 11) is 0. The number of rotatable bonds is 9. The van der Waals surface area contributed by atoms with Gasteiger partial charge in [0, 0.05) is 16.3 Å². The van der Waals surface area contributed by atoms with Crippen molar-refractivity contribution in [2.24, 2.45) is 5.10 Å². The van der Waals surface area contributed by atoms with Crippen molar-refractivity contribution >= 4 is 45.3 Å². The van der Waals surface area contributed by atoms with Gasteiger partial charge in [0.2, 0.25) is 0 Å². The number of hydrogen-bond donors (Lipinski definition) is 0. The SMILES string of the molecule is CCc1ccc(N(/N=C/c2ccc(N(c3ccccc3)c3ccc(CC)cc3)s2)c2ccccc2)cc1. The molecule has 0 fully saturated rings. The molecule has 0 unspecified atom stereocenters. The normalized spacial score (nSPS) is 11.1. The Balaban J connectivity index is 1.47. The third kappa shape index (κ3) is 5.82. The largest absolute Gasteiger partial charge is 0.302 e. The highest BCUT2D eigenvalue weighted by atomic mass is 32.1. The summed E-state index contributed by atoms with van der Waals surface area (Å²) in [5.41, 5.74) is 7.01. The average molecular weight is 502 g/mol. The number of anilines is 5. The molecule has 5 aromatic rings. The molecule has 184 valence electrons. The Hall–Kier alpha value is -4.15. The van der Waals surface area contributed by atoms with Crippen LogP contribution in [0.4, 0.5) is 27.8 Å². The summed E-state index contributed by atoms with van der Waals surface area (Å²) in [6, 6.07) is 42.6. The van der Waals surface area contributed by atoms with Gasteiger partial charge in [0.1, 0.15) is 5.00 Å². The zero-order chi connectivity index (χ0) is 25.5. The lowest BCUT2D eigenvalue weighted by Crippen LogP contribution is -2.09. The standard InChI is InChI=1S/C33H31N3S/c1-3-26-15-19-29(20-16-26)35(28-11-7-5-8-12-28)33-24-23-32(37-33)25-34-36(30-13-9-6-10-14-30)31-21-17-27(4-2)18-22-31/h5-25H,3-4H2,1-2H3/b34-25+. The van der Waals surface area contributed by atoms with E-state index in [2.05, 4.69) is 122 Å². The number of aryl methyl sites for hydroxylation is 2. The minimum absolute atomic E-state index is 1.02. The lowest BCUT2D eigenvalue weighted by molar-refractivity contribution is 1.08. The number of thiophene rings is 1. The molecule has 4 aromatic carbocycles. The first kappa shape index (κ1) is 24.5. The second kappa shape index (κ2) is 11.7. The zero-order valence-electron chi connectivity index (χ0n) is 21.3. The first-order valence-corrected chi connectivity index (χ1v) is 13.6. The van der Waals surface area contributed by atoms with Gasteiger partial charge in [0.15, 0.2) is 0 Å². The lowest BCUT2D eigenvalue weighted by atomic mass is 10.1. The molecule has 0 spiro atoms. The molecule has 4 heteroatoms. The monoisotopic (exact) mass is 501 g/mol. The van der Waals surface area contributed by atoms with Crippen LogP contribution in [-0.4, -0.2) is 6.21 Å². The quantitative estimate of drug-likeness (QED) is 0.148. The number of benzene rings is 4. The molecule has 0 atom stereocenters. The van der Waals surface area contributed by atoms with Crippen molar-refractivity contribution in [3.63, 3.8) is 0 Å². The van der Waals surface area contributed by atoms with Gasteiger partial charge in [-0.15, -0.1) is 11.3 Å². The number of hydrazone groups is 1. The second-order valence-electron chi connectivity index (χ2n) is 8.78. The Bertz CT molecular complexity index is 1420. The predicted molar refractivity (Wildman–Crippen MR) is 160 cm³/mol. The van der Waals surface area contributed by atoms with Gasteiger partial charge in [0.25, 0.3) is 0 Å². The van der Waals surface area contributed by atoms with Crippen molar-refractivity contribution in [3.05, 3.63) is 137 Å². The Morgan fingerprint density at radius 1 is 0.568 bits per heavy atom. The van der Waals surface area contributed by atoms with E-state index in [1.54, 1.807) is 11.3 Å². The minimum atomic E-state index is 1.02. The fraction of sp³-hybridized carbons (Fsp3) is 0.121. The molecule has 0 aliphatic rings. The molecule has 37 heavy (non-hydrogen) atoms. The van der Waals surface area contributed by atoms with Crippen LogP contribution in [0.1, 0.15) is 29.9 Å². The summed E-state index contributed by atoms with van der Waals surface area (Å²) in [5, 5.41) is 8.08. The van der Waals surface area contributed by atoms with Gasteiger partial charge in [-0.3, -0.25) is 0 Å². The molecule has 0 aliphatic carbocycles. The molecule has 0 amide bonds. The van der Waals surface area contributed by atoms with Crippen LogP contribution in [-0.2, 0) is 12.8 Å². The number of hydrogen-bond acceptors (Lipinski definition) is 4. The topological polar surface area (TPSA) is 18.8 Å². The summed E-state index contributed by atoms with van der Waals surface area (Å²) in [5.74, 6) is 0. The fourth-order valence-corrected chi connectivity index (χ4v) is 5.15. The van der Waals surface area contributed by atoms with Crippen LogP contribution in [0.15, 0.2) is 126 Å². The predicted octanol–water partition coefficient (Wildman–Crippen LogP) is 9.51. The molecule has 0 saturated carbocycles. The van der Waals surface area contributed by atoms with Crippen molar-refractivity contribution in [1.29, 1.82) is 0 Å². The van der Waals surface area contributed by atoms with E-state index in [0.717, 1.165) is 45.5 Å². The van der Waals surface area contributed by atoms with Gasteiger partial charge in [0.05, 0.1) is 17.6 Å². The first-order valence-electron chi connectivity index (χ1n) is 12.8. The maximum atomic E-state index is 4.93. The van der Waals surface area contributed by atoms with Gasteiger partial charge in [-0.1, -0.05) is 74.5 Å². The van der Waals surface area contributed by atoms with Crippen molar-refractivity contribution in [3.8, 4) is 0 Å². The van der Waals surface area contributed by atoms with E-state index >= 15 is 0 Å². The van der Waals surface area contributed by atoms with E-state index in [1.807, 2.05) is 29.4 Å². The van der Waals surface area contributed by atoms with Crippen LogP contribution in [0.5, 0.6) is 0 Å². The minimum Gasteiger partial charge on any atom is -0.302 e. The molecular weight excluding hydrogens is 470 g/mol. The van der Waals surface area contributed by atoms with Crippen molar-refractivity contribution in [1.82, 2.24) is 0 Å². The molecule has 0 aliphatic heterocycles. The van der Waals surface area contributed by atoms with Crippen LogP contribution in [0, 0.1) is 0 Å². The van der Waals surface area contributed by atoms with Gasteiger partial charge in [-0.2, -0.15) is 5.10 Å². The van der Waals surface area contributed by atoms with Crippen molar-refractivity contribution < 1.29 is 0 Å². The molecule has 1 heterocycles. The maximum absolute atomic E-state index is 4.93. The summed E-state index contributed by atoms with van der Waals surface area (Å²) in [6.45, 7) is 4.36. The highest BCUT2D eigenvalue weighted by Crippen LogP contribution is 2.38. The molecule has 1 aromatic heterocycles.